The third-order valence-corrected chi connectivity index (χ3v) is 4.43. The highest BCUT2D eigenvalue weighted by molar-refractivity contribution is 5.97. The minimum absolute atomic E-state index is 0.0294. The summed E-state index contributed by atoms with van der Waals surface area (Å²) in [6.45, 7) is 7.40. The maximum Gasteiger partial charge on any atom is 0.254 e. The molecular weight excluding hydrogens is 295 g/mol. The third kappa shape index (κ3) is 4.30. The fraction of sp³-hybridized carbons (Fsp3) is 0.556. The summed E-state index contributed by atoms with van der Waals surface area (Å²) in [4.78, 5) is 26.8. The number of likely N-dealkylation sites (tertiary alicyclic amines) is 1. The number of rotatable bonds is 4. The molecule has 0 spiro atoms. The van der Waals surface area contributed by atoms with Crippen LogP contribution in [0, 0.1) is 17.7 Å². The molecule has 1 N–H and O–H groups in total. The standard InChI is InChI=1S/C18H25FN2O2/c1-12(2)16(18(23)21-10-8-13(3)9-11-21)20-17(22)14-6-4-5-7-15(14)19/h4-7,12-13,16H,8-11H2,1-3H3,(H,20,22). The van der Waals surface area contributed by atoms with Gasteiger partial charge in [0.1, 0.15) is 11.9 Å². The van der Waals surface area contributed by atoms with Gasteiger partial charge in [0.25, 0.3) is 5.91 Å². The summed E-state index contributed by atoms with van der Waals surface area (Å²) < 4.78 is 13.7. The van der Waals surface area contributed by atoms with Gasteiger partial charge in [0, 0.05) is 13.1 Å². The van der Waals surface area contributed by atoms with Crippen LogP contribution in [0.25, 0.3) is 0 Å². The topological polar surface area (TPSA) is 49.4 Å². The quantitative estimate of drug-likeness (QED) is 0.927. The smallest absolute Gasteiger partial charge is 0.254 e. The van der Waals surface area contributed by atoms with Gasteiger partial charge >= 0.3 is 0 Å². The Kier molecular flexibility index (Phi) is 5.74. The van der Waals surface area contributed by atoms with Crippen molar-refractivity contribution in [2.24, 2.45) is 11.8 Å². The first-order valence-corrected chi connectivity index (χ1v) is 8.24. The van der Waals surface area contributed by atoms with Crippen molar-refractivity contribution in [2.45, 2.75) is 39.7 Å². The van der Waals surface area contributed by atoms with Crippen LogP contribution >= 0.6 is 0 Å². The van der Waals surface area contributed by atoms with Crippen LogP contribution in [0.15, 0.2) is 24.3 Å². The van der Waals surface area contributed by atoms with E-state index < -0.39 is 17.8 Å². The summed E-state index contributed by atoms with van der Waals surface area (Å²) in [5, 5.41) is 2.71. The van der Waals surface area contributed by atoms with Crippen molar-refractivity contribution in [3.05, 3.63) is 35.6 Å². The Hall–Kier alpha value is -1.91. The Morgan fingerprint density at radius 2 is 1.83 bits per heavy atom. The first kappa shape index (κ1) is 17.4. The van der Waals surface area contributed by atoms with E-state index in [1.807, 2.05) is 18.7 Å². The van der Waals surface area contributed by atoms with Crippen LogP contribution in [0.2, 0.25) is 0 Å². The predicted octanol–water partition coefficient (Wildman–Crippen LogP) is 2.84. The number of nitrogens with zero attached hydrogens (tertiary/aromatic N) is 1. The molecule has 1 saturated heterocycles. The highest BCUT2D eigenvalue weighted by atomic mass is 19.1. The van der Waals surface area contributed by atoms with Crippen LogP contribution in [-0.4, -0.2) is 35.8 Å². The number of amides is 2. The van der Waals surface area contributed by atoms with E-state index in [9.17, 15) is 14.0 Å². The molecular formula is C18H25FN2O2. The summed E-state index contributed by atoms with van der Waals surface area (Å²) in [7, 11) is 0. The van der Waals surface area contributed by atoms with Gasteiger partial charge in [0.05, 0.1) is 5.56 Å². The summed E-state index contributed by atoms with van der Waals surface area (Å²) in [6.07, 6.45) is 1.97. The molecule has 1 aliphatic rings. The Labute approximate surface area is 137 Å². The highest BCUT2D eigenvalue weighted by Crippen LogP contribution is 2.18. The molecule has 1 aromatic rings. The second-order valence-corrected chi connectivity index (χ2v) is 6.68. The molecule has 23 heavy (non-hydrogen) atoms. The number of hydrogen-bond donors (Lipinski definition) is 1. The number of benzene rings is 1. The van der Waals surface area contributed by atoms with Crippen LogP contribution in [0.3, 0.4) is 0 Å². The van der Waals surface area contributed by atoms with Gasteiger partial charge in [-0.15, -0.1) is 0 Å². The molecule has 1 aromatic carbocycles. The number of carbonyl (C=O) groups excluding carboxylic acids is 2. The van der Waals surface area contributed by atoms with E-state index in [0.29, 0.717) is 5.92 Å². The van der Waals surface area contributed by atoms with Crippen LogP contribution in [0.4, 0.5) is 4.39 Å². The fourth-order valence-electron chi connectivity index (χ4n) is 2.80. The number of carbonyl (C=O) groups is 2. The van der Waals surface area contributed by atoms with Crippen LogP contribution in [0.1, 0.15) is 44.0 Å². The average molecular weight is 320 g/mol. The molecule has 1 aliphatic heterocycles. The Balaban J connectivity index is 2.08. The zero-order valence-electron chi connectivity index (χ0n) is 14.0. The SMILES string of the molecule is CC1CCN(C(=O)C(NC(=O)c2ccccc2F)C(C)C)CC1. The van der Waals surface area contributed by atoms with E-state index >= 15 is 0 Å². The number of halogens is 1. The zero-order chi connectivity index (χ0) is 17.0. The first-order chi connectivity index (χ1) is 10.9. The lowest BCUT2D eigenvalue weighted by atomic mass is 9.96. The van der Waals surface area contributed by atoms with Crippen molar-refractivity contribution >= 4 is 11.8 Å². The van der Waals surface area contributed by atoms with Crippen molar-refractivity contribution in [1.29, 1.82) is 0 Å². The minimum atomic E-state index is -0.629. The van der Waals surface area contributed by atoms with E-state index in [-0.39, 0.29) is 17.4 Å². The van der Waals surface area contributed by atoms with Crippen molar-refractivity contribution in [3.8, 4) is 0 Å². The van der Waals surface area contributed by atoms with Crippen molar-refractivity contribution < 1.29 is 14.0 Å². The lowest BCUT2D eigenvalue weighted by Crippen LogP contribution is -2.53. The monoisotopic (exact) mass is 320 g/mol. The van der Waals surface area contributed by atoms with Crippen molar-refractivity contribution in [3.63, 3.8) is 0 Å². The first-order valence-electron chi connectivity index (χ1n) is 8.24. The van der Waals surface area contributed by atoms with Gasteiger partial charge < -0.3 is 10.2 Å². The fourth-order valence-corrected chi connectivity index (χ4v) is 2.80. The van der Waals surface area contributed by atoms with Gasteiger partial charge in [-0.05, 0) is 36.8 Å². The Morgan fingerprint density at radius 3 is 2.39 bits per heavy atom. The number of piperidine rings is 1. The van der Waals surface area contributed by atoms with Crippen molar-refractivity contribution in [1.82, 2.24) is 10.2 Å². The lowest BCUT2D eigenvalue weighted by Gasteiger charge is -2.34. The summed E-state index contributed by atoms with van der Waals surface area (Å²) >= 11 is 0. The van der Waals surface area contributed by atoms with E-state index in [1.54, 1.807) is 6.07 Å². The zero-order valence-corrected chi connectivity index (χ0v) is 14.0. The van der Waals surface area contributed by atoms with E-state index in [1.165, 1.54) is 18.2 Å². The van der Waals surface area contributed by atoms with Crippen LogP contribution < -0.4 is 5.32 Å². The maximum absolute atomic E-state index is 13.7. The summed E-state index contributed by atoms with van der Waals surface area (Å²) in [5.74, 6) is -0.619. The highest BCUT2D eigenvalue weighted by Gasteiger charge is 2.31. The minimum Gasteiger partial charge on any atom is -0.341 e. The molecule has 2 amide bonds. The molecule has 1 heterocycles. The predicted molar refractivity (Wildman–Crippen MR) is 87.5 cm³/mol. The molecule has 0 bridgehead atoms. The van der Waals surface area contributed by atoms with E-state index in [0.717, 1.165) is 25.9 Å². The molecule has 4 nitrogen and oxygen atoms in total. The van der Waals surface area contributed by atoms with Crippen molar-refractivity contribution in [2.75, 3.05) is 13.1 Å². The molecule has 0 radical (unpaired) electrons. The summed E-state index contributed by atoms with van der Waals surface area (Å²) in [5.41, 5.74) is -0.0294. The largest absolute Gasteiger partial charge is 0.341 e. The van der Waals surface area contributed by atoms with Crippen LogP contribution in [0.5, 0.6) is 0 Å². The van der Waals surface area contributed by atoms with E-state index in [2.05, 4.69) is 12.2 Å². The molecule has 2 rings (SSSR count). The van der Waals surface area contributed by atoms with Gasteiger partial charge in [-0.1, -0.05) is 32.9 Å². The molecule has 126 valence electrons. The van der Waals surface area contributed by atoms with Gasteiger partial charge in [-0.2, -0.15) is 0 Å². The van der Waals surface area contributed by atoms with Gasteiger partial charge in [0.15, 0.2) is 0 Å². The normalized spacial score (nSPS) is 17.2. The number of hydrogen-bond acceptors (Lipinski definition) is 2. The Bertz CT molecular complexity index is 566. The summed E-state index contributed by atoms with van der Waals surface area (Å²) in [6, 6.07) is 5.18. The molecule has 1 fully saturated rings. The Morgan fingerprint density at radius 1 is 1.22 bits per heavy atom. The maximum atomic E-state index is 13.7. The van der Waals surface area contributed by atoms with Gasteiger partial charge in [-0.25, -0.2) is 4.39 Å². The van der Waals surface area contributed by atoms with Gasteiger partial charge in [0.2, 0.25) is 5.91 Å². The second kappa shape index (κ2) is 7.57. The lowest BCUT2D eigenvalue weighted by molar-refractivity contribution is -0.135. The van der Waals surface area contributed by atoms with Crippen LogP contribution in [-0.2, 0) is 4.79 Å². The number of nitrogens with one attached hydrogen (secondary N) is 1. The molecule has 5 heteroatoms. The molecule has 0 aromatic heterocycles. The van der Waals surface area contributed by atoms with E-state index in [4.69, 9.17) is 0 Å². The second-order valence-electron chi connectivity index (χ2n) is 6.68. The average Bonchev–Trinajstić information content (AvgIpc) is 2.52. The molecule has 0 aliphatic carbocycles. The van der Waals surface area contributed by atoms with Gasteiger partial charge in [-0.3, -0.25) is 9.59 Å². The molecule has 1 unspecified atom stereocenters. The third-order valence-electron chi connectivity index (χ3n) is 4.43. The molecule has 0 saturated carbocycles. The molecule has 1 atom stereocenters.